The molecule has 1 aromatic rings. The van der Waals surface area contributed by atoms with Crippen molar-refractivity contribution in [1.29, 1.82) is 0 Å². The van der Waals surface area contributed by atoms with Gasteiger partial charge in [-0.25, -0.2) is 18.3 Å². The van der Waals surface area contributed by atoms with Gasteiger partial charge in [0.1, 0.15) is 24.1 Å². The number of nitro groups is 1. The summed E-state index contributed by atoms with van der Waals surface area (Å²) in [4.78, 5) is 83.6. The van der Waals surface area contributed by atoms with Gasteiger partial charge in [0.15, 0.2) is 6.10 Å². The van der Waals surface area contributed by atoms with Crippen molar-refractivity contribution < 1.29 is 89.9 Å². The number of non-ortho nitro benzene ring substituents is 1. The minimum atomic E-state index is -5.69. The molecule has 0 aliphatic carbocycles. The Morgan fingerprint density at radius 2 is 1.22 bits per heavy atom. The summed E-state index contributed by atoms with van der Waals surface area (Å²) in [6, 6.07) is 3.73. The molecule has 8 N–H and O–H groups in total. The predicted molar refractivity (Wildman–Crippen MR) is 111 cm³/mol. The van der Waals surface area contributed by atoms with Crippen molar-refractivity contribution in [3.63, 3.8) is 0 Å². The zero-order valence-corrected chi connectivity index (χ0v) is 21.2. The van der Waals surface area contributed by atoms with Crippen LogP contribution in [-0.2, 0) is 41.1 Å². The van der Waals surface area contributed by atoms with Gasteiger partial charge < -0.3 is 48.6 Å². The summed E-state index contributed by atoms with van der Waals surface area (Å²) in [7, 11) is -22.3. The molecule has 21 nitrogen and oxygen atoms in total. The van der Waals surface area contributed by atoms with Crippen molar-refractivity contribution in [3.05, 3.63) is 34.4 Å². The third-order valence-corrected chi connectivity index (χ3v) is 6.11. The number of hydrogen-bond acceptors (Lipinski definition) is 12. The van der Waals surface area contributed by atoms with Gasteiger partial charge in [0.05, 0.1) is 11.5 Å². The molecule has 1 heterocycles. The number of nitro benzene ring substituents is 1. The molecule has 0 radical (unpaired) electrons. The van der Waals surface area contributed by atoms with Crippen molar-refractivity contribution in [1.82, 2.24) is 0 Å². The normalized spacial score (nSPS) is 25.6. The highest BCUT2D eigenvalue weighted by molar-refractivity contribution is 7.47. The number of hydrogen-bond donors (Lipinski definition) is 8. The lowest BCUT2D eigenvalue weighted by Gasteiger charge is -2.44. The molecule has 1 saturated heterocycles. The molecular weight excluding hydrogens is 602 g/mol. The van der Waals surface area contributed by atoms with Crippen LogP contribution in [0.5, 0.6) is 5.75 Å². The van der Waals surface area contributed by atoms with Gasteiger partial charge >= 0.3 is 31.3 Å². The molecule has 25 heteroatoms. The Balaban J connectivity index is 2.58. The molecule has 212 valence electrons. The number of rotatable bonds is 12. The van der Waals surface area contributed by atoms with E-state index in [2.05, 4.69) is 18.1 Å². The SMILES string of the molecule is O=[N+]([O-])c1ccc(O[C@H]2O[C@H](COP(=O)(O)O)[C@@H](OP(=O)(O)O)[C@H](OP(=O)(O)O)[C@H]2OP(=O)(O)O)cc1. The van der Waals surface area contributed by atoms with Crippen LogP contribution in [0.25, 0.3) is 0 Å². The van der Waals surface area contributed by atoms with Crippen LogP contribution in [0.2, 0.25) is 0 Å². The van der Waals surface area contributed by atoms with Gasteiger partial charge in [-0.15, -0.1) is 0 Å². The zero-order valence-electron chi connectivity index (χ0n) is 17.6. The van der Waals surface area contributed by atoms with Crippen molar-refractivity contribution in [2.24, 2.45) is 0 Å². The highest BCUT2D eigenvalue weighted by Gasteiger charge is 2.55. The van der Waals surface area contributed by atoms with E-state index < -0.39 is 79.2 Å². The molecule has 1 aromatic carbocycles. The molecule has 1 aliphatic rings. The van der Waals surface area contributed by atoms with E-state index in [9.17, 15) is 57.7 Å². The standard InChI is InChI=1S/C12H19NO20P4/c14-13(15)6-1-3-7(4-2-6)29-12-11(33-37(25,26)27)10(32-36(22,23)24)9(31-35(19,20)21)8(30-12)5-28-34(16,17)18/h1-4,8-12H,5H2,(H2,16,17,18)(H2,19,20,21)(H2,22,23,24)(H2,25,26,27)/t8-,9-,10+,11-,12+/m1/s1. The van der Waals surface area contributed by atoms with Crippen molar-refractivity contribution in [3.8, 4) is 5.75 Å². The summed E-state index contributed by atoms with van der Waals surface area (Å²) in [6.07, 6.45) is -11.8. The lowest BCUT2D eigenvalue weighted by Crippen LogP contribution is -2.62. The van der Waals surface area contributed by atoms with E-state index in [4.69, 9.17) is 19.3 Å². The molecule has 37 heavy (non-hydrogen) atoms. The van der Waals surface area contributed by atoms with Crippen molar-refractivity contribution >= 4 is 37.0 Å². The molecule has 0 aromatic heterocycles. The Bertz CT molecular complexity index is 1130. The van der Waals surface area contributed by atoms with Crippen LogP contribution in [0.3, 0.4) is 0 Å². The summed E-state index contributed by atoms with van der Waals surface area (Å²) in [5.41, 5.74) is -0.425. The van der Waals surface area contributed by atoms with Gasteiger partial charge in [-0.3, -0.25) is 28.2 Å². The molecule has 1 aliphatic heterocycles. The maximum absolute atomic E-state index is 11.6. The maximum atomic E-state index is 11.6. The third-order valence-electron chi connectivity index (χ3n) is 4.08. The smallest absolute Gasteiger partial charge is 0.462 e. The molecule has 0 spiro atoms. The van der Waals surface area contributed by atoms with Crippen molar-refractivity contribution in [2.75, 3.05) is 6.61 Å². The van der Waals surface area contributed by atoms with E-state index in [0.717, 1.165) is 24.3 Å². The summed E-state index contributed by atoms with van der Waals surface area (Å²) in [5.74, 6) is -0.339. The average molecular weight is 621 g/mol. The first-order valence-corrected chi connectivity index (χ1v) is 15.2. The van der Waals surface area contributed by atoms with Crippen LogP contribution in [0.15, 0.2) is 24.3 Å². The first-order valence-electron chi connectivity index (χ1n) is 9.12. The Kier molecular flexibility index (Phi) is 10.3. The zero-order chi connectivity index (χ0) is 28.4. The number of benzene rings is 1. The van der Waals surface area contributed by atoms with Gasteiger partial charge in [0, 0.05) is 12.1 Å². The third kappa shape index (κ3) is 11.2. The van der Waals surface area contributed by atoms with Crippen LogP contribution < -0.4 is 4.74 Å². The molecule has 1 fully saturated rings. The number of nitrogens with zero attached hydrogens (tertiary/aromatic N) is 1. The maximum Gasteiger partial charge on any atom is 0.470 e. The lowest BCUT2D eigenvalue weighted by atomic mass is 9.99. The molecule has 2 rings (SSSR count). The lowest BCUT2D eigenvalue weighted by molar-refractivity contribution is -0.384. The van der Waals surface area contributed by atoms with Gasteiger partial charge in [0.25, 0.3) is 5.69 Å². The van der Waals surface area contributed by atoms with Crippen molar-refractivity contribution in [2.45, 2.75) is 30.7 Å². The van der Waals surface area contributed by atoms with E-state index in [1.165, 1.54) is 0 Å². The fourth-order valence-corrected chi connectivity index (χ4v) is 4.90. The highest BCUT2D eigenvalue weighted by atomic mass is 31.2. The minimum absolute atomic E-state index is 0.339. The second-order valence-corrected chi connectivity index (χ2v) is 11.7. The van der Waals surface area contributed by atoms with E-state index in [1.54, 1.807) is 0 Å². The monoisotopic (exact) mass is 621 g/mol. The minimum Gasteiger partial charge on any atom is -0.462 e. The van der Waals surface area contributed by atoms with Crippen LogP contribution in [-0.4, -0.2) is 81.4 Å². The number of phosphoric ester groups is 4. The summed E-state index contributed by atoms with van der Waals surface area (Å²) in [6.45, 7) is -1.31. The Morgan fingerprint density at radius 3 is 1.65 bits per heavy atom. The first kappa shape index (κ1) is 32.0. The average Bonchev–Trinajstić information content (AvgIpc) is 2.68. The largest absolute Gasteiger partial charge is 0.470 e. The van der Waals surface area contributed by atoms with Crippen LogP contribution in [0.4, 0.5) is 5.69 Å². The quantitative estimate of drug-likeness (QED) is 0.0807. The summed E-state index contributed by atoms with van der Waals surface area (Å²) in [5, 5.41) is 10.8. The fourth-order valence-electron chi connectivity index (χ4n) is 2.89. The molecular formula is C12H19NO20P4. The number of ether oxygens (including phenoxy) is 2. The van der Waals surface area contributed by atoms with E-state index in [1.807, 2.05) is 0 Å². The second-order valence-electron chi connectivity index (χ2n) is 6.88. The fraction of sp³-hybridized carbons (Fsp3) is 0.500. The van der Waals surface area contributed by atoms with E-state index in [-0.39, 0.29) is 5.75 Å². The first-order chi connectivity index (χ1) is 16.6. The Morgan fingerprint density at radius 1 is 0.757 bits per heavy atom. The molecule has 0 bridgehead atoms. The predicted octanol–water partition coefficient (Wildman–Crippen LogP) is -0.759. The number of phosphoric acid groups is 4. The Labute approximate surface area is 205 Å². The van der Waals surface area contributed by atoms with E-state index >= 15 is 0 Å². The van der Waals surface area contributed by atoms with Crippen LogP contribution >= 0.6 is 31.3 Å². The summed E-state index contributed by atoms with van der Waals surface area (Å²) < 4.78 is 73.7. The second kappa shape index (κ2) is 11.9. The van der Waals surface area contributed by atoms with Gasteiger partial charge in [-0.05, 0) is 12.1 Å². The molecule has 0 unspecified atom stereocenters. The summed E-state index contributed by atoms with van der Waals surface area (Å²) >= 11 is 0. The molecule has 5 atom stereocenters. The molecule has 0 saturated carbocycles. The van der Waals surface area contributed by atoms with Gasteiger partial charge in [-0.2, -0.15) is 0 Å². The topological polar surface area (TPSA) is 329 Å². The Hall–Kier alpha value is -1.18. The van der Waals surface area contributed by atoms with Crippen LogP contribution in [0.1, 0.15) is 0 Å². The van der Waals surface area contributed by atoms with E-state index in [0.29, 0.717) is 0 Å². The van der Waals surface area contributed by atoms with Gasteiger partial charge in [-0.1, -0.05) is 0 Å². The van der Waals surface area contributed by atoms with Gasteiger partial charge in [0.2, 0.25) is 6.29 Å². The van der Waals surface area contributed by atoms with Crippen LogP contribution in [0, 0.1) is 10.1 Å². The molecule has 0 amide bonds. The highest BCUT2D eigenvalue weighted by Crippen LogP contribution is 2.51.